The molecule has 0 bridgehead atoms. The first kappa shape index (κ1) is 15.4. The molecule has 106 valence electrons. The van der Waals surface area contributed by atoms with Gasteiger partial charge in [0.05, 0.1) is 18.5 Å². The summed E-state index contributed by atoms with van der Waals surface area (Å²) in [6.45, 7) is 7.32. The quantitative estimate of drug-likeness (QED) is 0.516. The number of esters is 1. The van der Waals surface area contributed by atoms with Gasteiger partial charge in [-0.05, 0) is 34.0 Å². The van der Waals surface area contributed by atoms with E-state index in [1.807, 2.05) is 18.8 Å². The summed E-state index contributed by atoms with van der Waals surface area (Å²) in [7, 11) is 4.08. The third kappa shape index (κ3) is 5.65. The highest BCUT2D eigenvalue weighted by atomic mass is 16.5. The number of nitrogens with zero attached hydrogens (tertiary/aromatic N) is 4. The molecule has 6 heteroatoms. The van der Waals surface area contributed by atoms with Crippen LogP contribution in [-0.2, 0) is 22.5 Å². The van der Waals surface area contributed by atoms with E-state index in [0.717, 1.165) is 25.2 Å². The molecule has 0 aliphatic heterocycles. The van der Waals surface area contributed by atoms with E-state index in [4.69, 9.17) is 4.74 Å². The van der Waals surface area contributed by atoms with Crippen LogP contribution in [0.2, 0.25) is 0 Å². The molecule has 1 aromatic heterocycles. The highest BCUT2D eigenvalue weighted by molar-refractivity contribution is 5.86. The molecule has 0 atom stereocenters. The number of ether oxygens (including phenoxy) is 1. The Bertz CT molecular complexity index is 426. The number of aromatic nitrogens is 3. The minimum absolute atomic E-state index is 0.326. The molecule has 0 unspecified atom stereocenters. The molecule has 0 saturated heterocycles. The van der Waals surface area contributed by atoms with E-state index >= 15 is 0 Å². The number of hydrogen-bond acceptors (Lipinski definition) is 5. The third-order valence-corrected chi connectivity index (χ3v) is 2.61. The fourth-order valence-corrected chi connectivity index (χ4v) is 1.57. The second-order valence-electron chi connectivity index (χ2n) is 4.77. The van der Waals surface area contributed by atoms with Crippen LogP contribution in [-0.4, -0.2) is 53.1 Å². The smallest absolute Gasteiger partial charge is 0.333 e. The van der Waals surface area contributed by atoms with Gasteiger partial charge in [-0.3, -0.25) is 0 Å². The maximum Gasteiger partial charge on any atom is 0.333 e. The number of aryl methyl sites for hydroxylation is 1. The Labute approximate surface area is 114 Å². The Hall–Kier alpha value is -1.69. The molecule has 19 heavy (non-hydrogen) atoms. The lowest BCUT2D eigenvalue weighted by molar-refractivity contribution is -0.138. The second kappa shape index (κ2) is 7.68. The second-order valence-corrected chi connectivity index (χ2v) is 4.77. The molecule has 1 rings (SSSR count). The lowest BCUT2D eigenvalue weighted by Crippen LogP contribution is -2.17. The van der Waals surface area contributed by atoms with Crippen LogP contribution >= 0.6 is 0 Å². The summed E-state index contributed by atoms with van der Waals surface area (Å²) in [5, 5.41) is 7.93. The molecule has 0 aromatic carbocycles. The van der Waals surface area contributed by atoms with Gasteiger partial charge in [0.1, 0.15) is 0 Å². The summed E-state index contributed by atoms with van der Waals surface area (Å²) in [4.78, 5) is 13.4. The highest BCUT2D eigenvalue weighted by Crippen LogP contribution is 2.01. The lowest BCUT2D eigenvalue weighted by Gasteiger charge is -2.10. The Balaban J connectivity index is 2.36. The van der Waals surface area contributed by atoms with Crippen molar-refractivity contribution in [3.63, 3.8) is 0 Å². The van der Waals surface area contributed by atoms with Gasteiger partial charge in [-0.1, -0.05) is 11.8 Å². The Morgan fingerprint density at radius 2 is 2.26 bits per heavy atom. The van der Waals surface area contributed by atoms with E-state index in [-0.39, 0.29) is 5.97 Å². The van der Waals surface area contributed by atoms with Crippen molar-refractivity contribution in [3.8, 4) is 0 Å². The van der Waals surface area contributed by atoms with Crippen molar-refractivity contribution in [2.45, 2.75) is 26.3 Å². The first-order chi connectivity index (χ1) is 9.00. The number of carbonyl (C=O) groups is 1. The van der Waals surface area contributed by atoms with Gasteiger partial charge in [-0.15, -0.1) is 5.10 Å². The molecule has 0 N–H and O–H groups in total. The molecule has 0 amide bonds. The normalized spacial score (nSPS) is 10.7. The minimum Gasteiger partial charge on any atom is -0.462 e. The molecule has 6 nitrogen and oxygen atoms in total. The van der Waals surface area contributed by atoms with E-state index < -0.39 is 0 Å². The van der Waals surface area contributed by atoms with Crippen molar-refractivity contribution < 1.29 is 9.53 Å². The maximum absolute atomic E-state index is 11.2. The van der Waals surface area contributed by atoms with Crippen LogP contribution in [0.5, 0.6) is 0 Å². The van der Waals surface area contributed by atoms with E-state index in [1.165, 1.54) is 0 Å². The van der Waals surface area contributed by atoms with Crippen LogP contribution in [0.15, 0.2) is 18.3 Å². The van der Waals surface area contributed by atoms with Gasteiger partial charge in [-0.2, -0.15) is 0 Å². The zero-order chi connectivity index (χ0) is 14.3. The first-order valence-corrected chi connectivity index (χ1v) is 6.35. The summed E-state index contributed by atoms with van der Waals surface area (Å²) < 4.78 is 6.92. The molecule has 0 aliphatic carbocycles. The van der Waals surface area contributed by atoms with Crippen molar-refractivity contribution >= 4 is 5.97 Å². The van der Waals surface area contributed by atoms with Gasteiger partial charge in [0.2, 0.25) is 0 Å². The van der Waals surface area contributed by atoms with Crippen molar-refractivity contribution in [3.05, 3.63) is 24.0 Å². The van der Waals surface area contributed by atoms with Crippen molar-refractivity contribution in [1.29, 1.82) is 0 Å². The molecule has 1 aromatic rings. The first-order valence-electron chi connectivity index (χ1n) is 6.35. The van der Waals surface area contributed by atoms with Crippen LogP contribution in [0.1, 0.15) is 19.0 Å². The average molecular weight is 266 g/mol. The molecule has 0 fully saturated rings. The van der Waals surface area contributed by atoms with Crippen molar-refractivity contribution in [1.82, 2.24) is 19.9 Å². The molecular weight excluding hydrogens is 244 g/mol. The van der Waals surface area contributed by atoms with Crippen LogP contribution in [0.4, 0.5) is 0 Å². The third-order valence-electron chi connectivity index (χ3n) is 2.61. The molecule has 0 spiro atoms. The number of hydrogen-bond donors (Lipinski definition) is 0. The van der Waals surface area contributed by atoms with Gasteiger partial charge >= 0.3 is 5.97 Å². The van der Waals surface area contributed by atoms with Crippen LogP contribution in [0.25, 0.3) is 0 Å². The zero-order valence-corrected chi connectivity index (χ0v) is 11.9. The van der Waals surface area contributed by atoms with Crippen molar-refractivity contribution in [2.75, 3.05) is 27.2 Å². The fraction of sp³-hybridized carbons (Fsp3) is 0.615. The predicted molar refractivity (Wildman–Crippen MR) is 72.7 cm³/mol. The van der Waals surface area contributed by atoms with Crippen LogP contribution in [0, 0.1) is 0 Å². The summed E-state index contributed by atoms with van der Waals surface area (Å²) >= 11 is 0. The van der Waals surface area contributed by atoms with E-state index in [1.54, 1.807) is 13.1 Å². The molecule has 0 aliphatic rings. The van der Waals surface area contributed by atoms with Crippen LogP contribution < -0.4 is 0 Å². The SMILES string of the molecule is C=C(C)C(=O)OCCc1cnnn1CCCN(C)C. The maximum atomic E-state index is 11.2. The summed E-state index contributed by atoms with van der Waals surface area (Å²) in [5.74, 6) is -0.355. The molecular formula is C13H22N4O2. The molecule has 1 heterocycles. The lowest BCUT2D eigenvalue weighted by atomic mass is 10.3. The van der Waals surface area contributed by atoms with Crippen molar-refractivity contribution in [2.24, 2.45) is 0 Å². The zero-order valence-electron chi connectivity index (χ0n) is 11.9. The minimum atomic E-state index is -0.355. The van der Waals surface area contributed by atoms with Gasteiger partial charge in [0.25, 0.3) is 0 Å². The number of carbonyl (C=O) groups excluding carboxylic acids is 1. The Morgan fingerprint density at radius 1 is 1.53 bits per heavy atom. The topological polar surface area (TPSA) is 60.2 Å². The Morgan fingerprint density at radius 3 is 2.89 bits per heavy atom. The number of rotatable bonds is 8. The molecule has 0 radical (unpaired) electrons. The molecule has 0 saturated carbocycles. The summed E-state index contributed by atoms with van der Waals surface area (Å²) in [5.41, 5.74) is 1.39. The van der Waals surface area contributed by atoms with Gasteiger partial charge < -0.3 is 9.64 Å². The van der Waals surface area contributed by atoms with E-state index in [2.05, 4.69) is 21.8 Å². The van der Waals surface area contributed by atoms with E-state index in [0.29, 0.717) is 18.6 Å². The predicted octanol–water partition coefficient (Wildman–Crippen LogP) is 0.892. The van der Waals surface area contributed by atoms with Gasteiger partial charge in [-0.25, -0.2) is 9.48 Å². The van der Waals surface area contributed by atoms with Gasteiger partial charge in [0.15, 0.2) is 0 Å². The highest BCUT2D eigenvalue weighted by Gasteiger charge is 2.07. The van der Waals surface area contributed by atoms with Crippen LogP contribution in [0.3, 0.4) is 0 Å². The largest absolute Gasteiger partial charge is 0.462 e. The standard InChI is InChI=1S/C13H22N4O2/c1-11(2)13(18)19-9-6-12-10-14-15-17(12)8-5-7-16(3)4/h10H,1,5-9H2,2-4H3. The fourth-order valence-electron chi connectivity index (χ4n) is 1.57. The average Bonchev–Trinajstić information content (AvgIpc) is 2.76. The summed E-state index contributed by atoms with van der Waals surface area (Å²) in [6, 6.07) is 0. The van der Waals surface area contributed by atoms with Gasteiger partial charge in [0, 0.05) is 18.5 Å². The summed E-state index contributed by atoms with van der Waals surface area (Å²) in [6.07, 6.45) is 3.34. The monoisotopic (exact) mass is 266 g/mol. The van der Waals surface area contributed by atoms with E-state index in [9.17, 15) is 4.79 Å². The Kier molecular flexibility index (Phi) is 6.21.